The van der Waals surface area contributed by atoms with Crippen LogP contribution in [-0.4, -0.2) is 24.1 Å². The standard InChI is InChI=1S/C90H54N8/c1-93-83-29-17-16-28-76(83)75-45-43-72(98-86-48-40-68(61-22-10-4-11-23-61)52-79(86)80-53-69(41-49-87(80)98)62-24-12-5-13-25-62)55-82(75)90-95-88(65-36-34-64(35-37-65)63-32-30-58(56-91)31-33-63)94-89(96-90)81-54-71(42-44-74(81)73-27-15-14-26-70(73)57-92)97-84-46-38-66(59-18-6-2-7-19-59)50-77(84)78-51-67(39-47-85(78)97)60-20-8-3-9-21-60/h2-55H. The van der Waals surface area contributed by atoms with E-state index in [1.54, 1.807) is 0 Å². The Morgan fingerprint density at radius 3 is 1.01 bits per heavy atom. The predicted octanol–water partition coefficient (Wildman–Crippen LogP) is 23.0. The van der Waals surface area contributed by atoms with E-state index in [1.807, 2.05) is 109 Å². The third kappa shape index (κ3) is 10.4. The van der Waals surface area contributed by atoms with Crippen molar-refractivity contribution >= 4 is 49.3 Å². The fourth-order valence-corrected chi connectivity index (χ4v) is 13.9. The number of hydrogen-bond donors (Lipinski definition) is 0. The largest absolute Gasteiger partial charge is 0.309 e. The number of rotatable bonds is 12. The summed E-state index contributed by atoms with van der Waals surface area (Å²) in [6, 6.07) is 118. The zero-order chi connectivity index (χ0) is 65.6. The molecule has 454 valence electrons. The van der Waals surface area contributed by atoms with Crippen LogP contribution in [0.2, 0.25) is 0 Å². The number of aromatic nitrogens is 5. The second kappa shape index (κ2) is 24.6. The van der Waals surface area contributed by atoms with E-state index >= 15 is 0 Å². The van der Waals surface area contributed by atoms with Crippen molar-refractivity contribution in [1.82, 2.24) is 24.1 Å². The van der Waals surface area contributed by atoms with Crippen molar-refractivity contribution in [2.45, 2.75) is 0 Å². The lowest BCUT2D eigenvalue weighted by Crippen LogP contribution is -2.04. The van der Waals surface area contributed by atoms with E-state index < -0.39 is 0 Å². The van der Waals surface area contributed by atoms with Gasteiger partial charge in [-0.15, -0.1) is 0 Å². The first-order valence-electron chi connectivity index (χ1n) is 32.4. The van der Waals surface area contributed by atoms with Crippen molar-refractivity contribution < 1.29 is 0 Å². The molecule has 17 aromatic rings. The molecule has 0 aliphatic rings. The van der Waals surface area contributed by atoms with Gasteiger partial charge in [-0.25, -0.2) is 19.8 Å². The molecule has 8 heteroatoms. The number of nitriles is 2. The Morgan fingerprint density at radius 1 is 0.265 bits per heavy atom. The molecule has 0 atom stereocenters. The van der Waals surface area contributed by atoms with E-state index in [0.717, 1.165) is 138 Å². The first-order chi connectivity index (χ1) is 48.4. The Kier molecular flexibility index (Phi) is 14.5. The van der Waals surface area contributed by atoms with Gasteiger partial charge < -0.3 is 9.13 Å². The van der Waals surface area contributed by atoms with Crippen LogP contribution in [0.5, 0.6) is 0 Å². The van der Waals surface area contributed by atoms with Gasteiger partial charge in [0.25, 0.3) is 0 Å². The Hall–Kier alpha value is -13.8. The van der Waals surface area contributed by atoms with Crippen molar-refractivity contribution in [3.63, 3.8) is 0 Å². The maximum Gasteiger partial charge on any atom is 0.194 e. The smallest absolute Gasteiger partial charge is 0.194 e. The molecule has 3 heterocycles. The van der Waals surface area contributed by atoms with E-state index in [1.165, 1.54) is 0 Å². The SMILES string of the molecule is [C-]#[N+]c1ccccc1-c1ccc(-n2c3ccc(-c4ccccc4)cc3c3cc(-c4ccccc4)ccc32)cc1-c1nc(-c2ccc(-c3ccc(C#N)cc3)cc2)nc(-c2cc(-n3c4ccc(-c5ccccc5)cc4c4cc(-c5ccccc5)ccc43)ccc2-c2ccccc2C#N)n1. The predicted molar refractivity (Wildman–Crippen MR) is 399 cm³/mol. The van der Waals surface area contributed by atoms with Gasteiger partial charge in [-0.1, -0.05) is 237 Å². The lowest BCUT2D eigenvalue weighted by atomic mass is 9.94. The molecule has 0 spiro atoms. The van der Waals surface area contributed by atoms with Crippen LogP contribution in [0.15, 0.2) is 328 Å². The summed E-state index contributed by atoms with van der Waals surface area (Å²) in [5, 5.41) is 25.0. The fourth-order valence-electron chi connectivity index (χ4n) is 13.9. The number of para-hydroxylation sites is 1. The van der Waals surface area contributed by atoms with Crippen LogP contribution in [0.1, 0.15) is 11.1 Å². The molecule has 0 unspecified atom stereocenters. The number of benzene rings is 14. The van der Waals surface area contributed by atoms with Crippen LogP contribution < -0.4 is 0 Å². The maximum atomic E-state index is 10.9. The summed E-state index contributed by atoms with van der Waals surface area (Å²) in [5.74, 6) is 1.16. The van der Waals surface area contributed by atoms with Crippen molar-refractivity contribution in [1.29, 1.82) is 10.5 Å². The Morgan fingerprint density at radius 2 is 0.602 bits per heavy atom. The first kappa shape index (κ1) is 58.0. The highest BCUT2D eigenvalue weighted by molar-refractivity contribution is 6.13. The molecule has 0 aliphatic carbocycles. The molecule has 0 amide bonds. The summed E-state index contributed by atoms with van der Waals surface area (Å²) in [6.45, 7) is 8.56. The van der Waals surface area contributed by atoms with Crippen molar-refractivity contribution in [3.8, 4) is 136 Å². The van der Waals surface area contributed by atoms with E-state index in [2.05, 4.69) is 245 Å². The van der Waals surface area contributed by atoms with Crippen molar-refractivity contribution in [3.05, 3.63) is 350 Å². The van der Waals surface area contributed by atoms with E-state index in [0.29, 0.717) is 45.4 Å². The molecule has 98 heavy (non-hydrogen) atoms. The zero-order valence-electron chi connectivity index (χ0n) is 52.8. The molecule has 14 aromatic carbocycles. The van der Waals surface area contributed by atoms with E-state index in [9.17, 15) is 10.5 Å². The molecule has 3 aromatic heterocycles. The lowest BCUT2D eigenvalue weighted by molar-refractivity contribution is 1.07. The number of nitrogens with zero attached hydrogens (tertiary/aromatic N) is 8. The highest BCUT2D eigenvalue weighted by Crippen LogP contribution is 2.45. The van der Waals surface area contributed by atoms with E-state index in [-0.39, 0.29) is 0 Å². The fraction of sp³-hybridized carbons (Fsp3) is 0. The molecule has 8 nitrogen and oxygen atoms in total. The third-order valence-electron chi connectivity index (χ3n) is 18.7. The average molecular weight is 1250 g/mol. The summed E-state index contributed by atoms with van der Waals surface area (Å²) in [4.78, 5) is 20.9. The molecule has 0 radical (unpaired) electrons. The molecule has 0 N–H and O–H groups in total. The number of hydrogen-bond acceptors (Lipinski definition) is 5. The summed E-state index contributed by atoms with van der Waals surface area (Å²) in [7, 11) is 0. The lowest BCUT2D eigenvalue weighted by Gasteiger charge is -2.18. The third-order valence-corrected chi connectivity index (χ3v) is 18.7. The van der Waals surface area contributed by atoms with Crippen LogP contribution in [0.3, 0.4) is 0 Å². The highest BCUT2D eigenvalue weighted by Gasteiger charge is 2.25. The van der Waals surface area contributed by atoms with E-state index in [4.69, 9.17) is 21.5 Å². The van der Waals surface area contributed by atoms with Crippen LogP contribution in [-0.2, 0) is 0 Å². The van der Waals surface area contributed by atoms with Gasteiger partial charge in [0.1, 0.15) is 0 Å². The summed E-state index contributed by atoms with van der Waals surface area (Å²) >= 11 is 0. The molecule has 0 saturated heterocycles. The highest BCUT2D eigenvalue weighted by atomic mass is 15.0. The Balaban J connectivity index is 0.932. The molecule has 0 aliphatic heterocycles. The minimum Gasteiger partial charge on any atom is -0.309 e. The summed E-state index contributed by atoms with van der Waals surface area (Å²) < 4.78 is 4.65. The Bertz CT molecular complexity index is 5590. The zero-order valence-corrected chi connectivity index (χ0v) is 52.8. The molecule has 0 bridgehead atoms. The minimum absolute atomic E-state index is 0.373. The maximum absolute atomic E-state index is 10.9. The van der Waals surface area contributed by atoms with Gasteiger partial charge >= 0.3 is 0 Å². The van der Waals surface area contributed by atoms with Gasteiger partial charge in [0.15, 0.2) is 23.2 Å². The molecular formula is C90H54N8. The summed E-state index contributed by atoms with van der Waals surface area (Å²) in [6.07, 6.45) is 0. The van der Waals surface area contributed by atoms with Gasteiger partial charge in [0, 0.05) is 55.2 Å². The first-order valence-corrected chi connectivity index (χ1v) is 32.4. The minimum atomic E-state index is 0.373. The van der Waals surface area contributed by atoms with Gasteiger partial charge in [-0.3, -0.25) is 0 Å². The van der Waals surface area contributed by atoms with Gasteiger partial charge in [0.05, 0.1) is 51.9 Å². The monoisotopic (exact) mass is 1250 g/mol. The quantitative estimate of drug-likeness (QED) is 0.113. The Labute approximate surface area is 566 Å². The number of fused-ring (bicyclic) bond motifs is 6. The second-order valence-corrected chi connectivity index (χ2v) is 24.4. The second-order valence-electron chi connectivity index (χ2n) is 24.4. The normalized spacial score (nSPS) is 11.2. The van der Waals surface area contributed by atoms with Crippen LogP contribution in [0, 0.1) is 29.2 Å². The molecule has 0 fully saturated rings. The van der Waals surface area contributed by atoms with Crippen molar-refractivity contribution in [2.75, 3.05) is 0 Å². The van der Waals surface area contributed by atoms with Crippen LogP contribution in [0.25, 0.3) is 172 Å². The molecule has 17 rings (SSSR count). The van der Waals surface area contributed by atoms with Crippen LogP contribution in [0.4, 0.5) is 5.69 Å². The summed E-state index contributed by atoms with van der Waals surface area (Å²) in [5.41, 5.74) is 23.2. The van der Waals surface area contributed by atoms with Gasteiger partial charge in [-0.05, 0) is 163 Å². The van der Waals surface area contributed by atoms with Gasteiger partial charge in [0.2, 0.25) is 0 Å². The van der Waals surface area contributed by atoms with Crippen LogP contribution >= 0.6 is 0 Å². The van der Waals surface area contributed by atoms with Gasteiger partial charge in [-0.2, -0.15) is 10.5 Å². The topological polar surface area (TPSA) is 100 Å². The average Bonchev–Trinajstić information content (AvgIpc) is 1.56. The molecule has 0 saturated carbocycles. The van der Waals surface area contributed by atoms with Crippen molar-refractivity contribution in [2.24, 2.45) is 0 Å². The molecular weight excluding hydrogens is 1190 g/mol.